The Kier molecular flexibility index (Phi) is 5.36. The number of hydrogen-bond donors (Lipinski definition) is 0. The second-order valence-electron chi connectivity index (χ2n) is 8.56. The van der Waals surface area contributed by atoms with Crippen LogP contribution >= 0.6 is 0 Å². The van der Waals surface area contributed by atoms with Crippen molar-refractivity contribution in [3.63, 3.8) is 0 Å². The van der Waals surface area contributed by atoms with Crippen molar-refractivity contribution in [3.8, 4) is 5.75 Å². The summed E-state index contributed by atoms with van der Waals surface area (Å²) in [5, 5.41) is 0. The van der Waals surface area contributed by atoms with E-state index in [1.807, 2.05) is 72.8 Å². The molecular formula is C26H27N5O3. The van der Waals surface area contributed by atoms with Crippen LogP contribution in [-0.4, -0.2) is 30.2 Å². The topological polar surface area (TPSA) is 75.5 Å². The van der Waals surface area contributed by atoms with Gasteiger partial charge in [-0.15, -0.1) is 0 Å². The Morgan fingerprint density at radius 1 is 0.882 bits per heavy atom. The molecule has 0 N–H and O–H groups in total. The molecule has 3 heterocycles. The minimum Gasteiger partial charge on any atom is -0.497 e. The Balaban J connectivity index is 1.65. The van der Waals surface area contributed by atoms with E-state index < -0.39 is 0 Å². The van der Waals surface area contributed by atoms with Crippen molar-refractivity contribution in [3.05, 3.63) is 98.0 Å². The molecule has 3 aromatic heterocycles. The fourth-order valence-corrected chi connectivity index (χ4v) is 4.50. The Bertz CT molecular complexity index is 1620. The third-order valence-corrected chi connectivity index (χ3v) is 6.60. The predicted octanol–water partition coefficient (Wildman–Crippen LogP) is 3.07. The molecule has 0 saturated carbocycles. The lowest BCUT2D eigenvalue weighted by atomic mass is 10.1. The van der Waals surface area contributed by atoms with Gasteiger partial charge in [-0.25, -0.2) is 4.79 Å². The third-order valence-electron chi connectivity index (χ3n) is 6.60. The van der Waals surface area contributed by atoms with Gasteiger partial charge in [0.2, 0.25) is 5.78 Å². The van der Waals surface area contributed by atoms with Crippen LogP contribution in [0, 0.1) is 13.8 Å². The molecule has 0 aliphatic carbocycles. The molecule has 174 valence electrons. The number of aromatic nitrogens is 5. The van der Waals surface area contributed by atoms with Crippen LogP contribution in [0.15, 0.2) is 64.2 Å². The summed E-state index contributed by atoms with van der Waals surface area (Å²) in [5.41, 5.74) is 4.26. The maximum atomic E-state index is 13.6. The summed E-state index contributed by atoms with van der Waals surface area (Å²) in [6, 6.07) is 17.7. The molecule has 8 nitrogen and oxygen atoms in total. The van der Waals surface area contributed by atoms with E-state index in [4.69, 9.17) is 9.72 Å². The molecule has 0 spiro atoms. The number of imidazole rings is 2. The first kappa shape index (κ1) is 21.8. The minimum absolute atomic E-state index is 0.309. The molecule has 0 aliphatic heterocycles. The standard InChI is InChI=1S/C26H27N5O3/c1-17-18(2)31-22-23(27-25(31)30(17)16-20-10-12-21(34-4)13-11-20)28(3)26(33)29(24(22)32)15-14-19-8-6-5-7-9-19/h5-13H,14-16H2,1-4H3. The minimum atomic E-state index is -0.356. The normalized spacial score (nSPS) is 11.5. The monoisotopic (exact) mass is 457 g/mol. The van der Waals surface area contributed by atoms with Crippen LogP contribution < -0.4 is 16.0 Å². The highest BCUT2D eigenvalue weighted by atomic mass is 16.5. The van der Waals surface area contributed by atoms with Gasteiger partial charge in [-0.2, -0.15) is 4.98 Å². The van der Waals surface area contributed by atoms with Crippen molar-refractivity contribution in [1.29, 1.82) is 0 Å². The highest BCUT2D eigenvalue weighted by Gasteiger charge is 2.22. The van der Waals surface area contributed by atoms with Gasteiger partial charge in [0.1, 0.15) is 5.75 Å². The lowest BCUT2D eigenvalue weighted by Crippen LogP contribution is -2.39. The van der Waals surface area contributed by atoms with E-state index in [0.29, 0.717) is 36.5 Å². The molecule has 0 radical (unpaired) electrons. The summed E-state index contributed by atoms with van der Waals surface area (Å²) in [6.45, 7) is 4.90. The van der Waals surface area contributed by atoms with Crippen molar-refractivity contribution >= 4 is 16.9 Å². The van der Waals surface area contributed by atoms with Gasteiger partial charge in [-0.05, 0) is 43.5 Å². The van der Waals surface area contributed by atoms with E-state index in [-0.39, 0.29) is 11.2 Å². The molecule has 0 atom stereocenters. The second-order valence-corrected chi connectivity index (χ2v) is 8.56. The van der Waals surface area contributed by atoms with Gasteiger partial charge in [-0.1, -0.05) is 42.5 Å². The van der Waals surface area contributed by atoms with Crippen molar-refractivity contribution in [2.24, 2.45) is 7.05 Å². The molecule has 5 aromatic rings. The predicted molar refractivity (Wildman–Crippen MR) is 132 cm³/mol. The number of benzene rings is 2. The van der Waals surface area contributed by atoms with Crippen molar-refractivity contribution < 1.29 is 4.74 Å². The van der Waals surface area contributed by atoms with Gasteiger partial charge in [-0.3, -0.25) is 18.3 Å². The zero-order valence-electron chi connectivity index (χ0n) is 19.8. The Hall–Kier alpha value is -4.07. The fraction of sp³-hybridized carbons (Fsp3) is 0.269. The lowest BCUT2D eigenvalue weighted by Gasteiger charge is -2.09. The van der Waals surface area contributed by atoms with E-state index in [1.54, 1.807) is 14.2 Å². The van der Waals surface area contributed by atoms with Crippen LogP contribution in [0.25, 0.3) is 16.9 Å². The van der Waals surface area contributed by atoms with E-state index in [2.05, 4.69) is 4.57 Å². The summed E-state index contributed by atoms with van der Waals surface area (Å²) in [5.74, 6) is 1.45. The first-order valence-corrected chi connectivity index (χ1v) is 11.2. The Labute approximate surface area is 196 Å². The number of rotatable bonds is 6. The fourth-order valence-electron chi connectivity index (χ4n) is 4.50. The lowest BCUT2D eigenvalue weighted by molar-refractivity contribution is 0.414. The highest BCUT2D eigenvalue weighted by Crippen LogP contribution is 2.22. The number of fused-ring (bicyclic) bond motifs is 3. The van der Waals surface area contributed by atoms with Gasteiger partial charge in [0.25, 0.3) is 5.56 Å². The van der Waals surface area contributed by atoms with Crippen LogP contribution in [0.3, 0.4) is 0 Å². The van der Waals surface area contributed by atoms with Crippen molar-refractivity contribution in [1.82, 2.24) is 23.1 Å². The van der Waals surface area contributed by atoms with Crippen LogP contribution in [0.2, 0.25) is 0 Å². The average Bonchev–Trinajstić information content (AvgIpc) is 3.35. The number of ether oxygens (including phenoxy) is 1. The molecule has 5 rings (SSSR count). The van der Waals surface area contributed by atoms with Crippen LogP contribution in [0.4, 0.5) is 0 Å². The van der Waals surface area contributed by atoms with Crippen LogP contribution in [0.1, 0.15) is 22.5 Å². The average molecular weight is 458 g/mol. The zero-order chi connectivity index (χ0) is 24.0. The summed E-state index contributed by atoms with van der Waals surface area (Å²) < 4.78 is 12.0. The maximum absolute atomic E-state index is 13.6. The molecular weight excluding hydrogens is 430 g/mol. The maximum Gasteiger partial charge on any atom is 0.332 e. The first-order valence-electron chi connectivity index (χ1n) is 11.2. The molecule has 0 saturated heterocycles. The molecule has 0 amide bonds. The number of aryl methyl sites for hydroxylation is 3. The summed E-state index contributed by atoms with van der Waals surface area (Å²) >= 11 is 0. The van der Waals surface area contributed by atoms with E-state index in [9.17, 15) is 9.59 Å². The van der Waals surface area contributed by atoms with E-state index >= 15 is 0 Å². The van der Waals surface area contributed by atoms with Crippen LogP contribution in [0.5, 0.6) is 5.75 Å². The van der Waals surface area contributed by atoms with Gasteiger partial charge in [0.05, 0.1) is 13.7 Å². The third kappa shape index (κ3) is 3.42. The van der Waals surface area contributed by atoms with Gasteiger partial charge >= 0.3 is 5.69 Å². The Morgan fingerprint density at radius 2 is 1.59 bits per heavy atom. The molecule has 2 aromatic carbocycles. The summed E-state index contributed by atoms with van der Waals surface area (Å²) in [4.78, 5) is 31.4. The molecule has 8 heteroatoms. The second kappa shape index (κ2) is 8.37. The van der Waals surface area contributed by atoms with Crippen molar-refractivity contribution in [2.75, 3.05) is 7.11 Å². The first-order chi connectivity index (χ1) is 16.4. The van der Waals surface area contributed by atoms with E-state index in [1.165, 1.54) is 9.13 Å². The molecule has 0 bridgehead atoms. The molecule has 0 unspecified atom stereocenters. The van der Waals surface area contributed by atoms with Gasteiger partial charge in [0, 0.05) is 25.0 Å². The molecule has 34 heavy (non-hydrogen) atoms. The van der Waals surface area contributed by atoms with E-state index in [0.717, 1.165) is 28.3 Å². The molecule has 0 aliphatic rings. The largest absolute Gasteiger partial charge is 0.497 e. The van der Waals surface area contributed by atoms with Gasteiger partial charge < -0.3 is 9.30 Å². The zero-order valence-corrected chi connectivity index (χ0v) is 19.8. The number of hydrogen-bond acceptors (Lipinski definition) is 4. The van der Waals surface area contributed by atoms with Gasteiger partial charge in [0.15, 0.2) is 11.2 Å². The summed E-state index contributed by atoms with van der Waals surface area (Å²) in [7, 11) is 3.32. The number of nitrogens with zero attached hydrogens (tertiary/aromatic N) is 5. The number of methoxy groups -OCH3 is 1. The molecule has 0 fully saturated rings. The summed E-state index contributed by atoms with van der Waals surface area (Å²) in [6.07, 6.45) is 0.597. The highest BCUT2D eigenvalue weighted by molar-refractivity contribution is 5.76. The SMILES string of the molecule is COc1ccc(Cn2c(C)c(C)n3c4c(=O)n(CCc5ccccc5)c(=O)n(C)c4nc23)cc1. The Morgan fingerprint density at radius 3 is 2.26 bits per heavy atom. The quantitative estimate of drug-likeness (QED) is 0.393. The van der Waals surface area contributed by atoms with Crippen molar-refractivity contribution in [2.45, 2.75) is 33.4 Å². The smallest absolute Gasteiger partial charge is 0.332 e. The van der Waals surface area contributed by atoms with Crippen LogP contribution in [-0.2, 0) is 26.6 Å².